The van der Waals surface area contributed by atoms with Crippen molar-refractivity contribution < 1.29 is 9.59 Å². The molecule has 0 radical (unpaired) electrons. The molecule has 5 heteroatoms. The van der Waals surface area contributed by atoms with Crippen molar-refractivity contribution in [1.82, 2.24) is 10.6 Å². The Kier molecular flexibility index (Phi) is 7.54. The number of hydrogen-bond acceptors (Lipinski definition) is 3. The van der Waals surface area contributed by atoms with Gasteiger partial charge in [-0.3, -0.25) is 10.1 Å². The molecule has 4 N–H and O–H groups in total. The lowest BCUT2D eigenvalue weighted by molar-refractivity contribution is -0.121. The van der Waals surface area contributed by atoms with Gasteiger partial charge in [0, 0.05) is 0 Å². The molecule has 0 fully saturated rings. The summed E-state index contributed by atoms with van der Waals surface area (Å²) in [7, 11) is 0. The summed E-state index contributed by atoms with van der Waals surface area (Å²) < 4.78 is 0. The Morgan fingerprint density at radius 3 is 2.31 bits per heavy atom. The molecule has 0 heterocycles. The number of nitrogens with two attached hydrogens (primary N) is 1. The van der Waals surface area contributed by atoms with Crippen LogP contribution in [0.15, 0.2) is 0 Å². The Labute approximate surface area is 97.2 Å². The third-order valence-corrected chi connectivity index (χ3v) is 2.30. The number of hydrogen-bond donors (Lipinski definition) is 3. The molecule has 1 unspecified atom stereocenters. The van der Waals surface area contributed by atoms with Crippen molar-refractivity contribution in [3.8, 4) is 0 Å². The lowest BCUT2D eigenvalue weighted by Gasteiger charge is -2.12. The fourth-order valence-electron chi connectivity index (χ4n) is 1.32. The molecule has 0 spiro atoms. The van der Waals surface area contributed by atoms with Gasteiger partial charge >= 0.3 is 6.03 Å². The lowest BCUT2D eigenvalue weighted by atomic mass is 10.1. The van der Waals surface area contributed by atoms with Crippen LogP contribution in [-0.4, -0.2) is 24.5 Å². The molecule has 0 aromatic heterocycles. The molecule has 0 bridgehead atoms. The van der Waals surface area contributed by atoms with Crippen LogP contribution in [0.1, 0.15) is 40.0 Å². The van der Waals surface area contributed by atoms with Gasteiger partial charge in [-0.2, -0.15) is 0 Å². The quantitative estimate of drug-likeness (QED) is 0.569. The van der Waals surface area contributed by atoms with Crippen molar-refractivity contribution in [3.05, 3.63) is 0 Å². The SMILES string of the molecule is CC(C)CCCCNC(C)C(=O)NC(N)=O. The average molecular weight is 229 g/mol. The summed E-state index contributed by atoms with van der Waals surface area (Å²) in [6, 6.07) is -1.19. The molecule has 0 rings (SSSR count). The largest absolute Gasteiger partial charge is 0.351 e. The Hall–Kier alpha value is -1.10. The number of rotatable bonds is 7. The van der Waals surface area contributed by atoms with Gasteiger partial charge in [-0.25, -0.2) is 4.79 Å². The van der Waals surface area contributed by atoms with Crippen LogP contribution >= 0.6 is 0 Å². The summed E-state index contributed by atoms with van der Waals surface area (Å²) >= 11 is 0. The van der Waals surface area contributed by atoms with Crippen molar-refractivity contribution in [1.29, 1.82) is 0 Å². The molecule has 0 aliphatic heterocycles. The number of unbranched alkanes of at least 4 members (excludes halogenated alkanes) is 1. The monoisotopic (exact) mass is 229 g/mol. The molecular formula is C11H23N3O2. The van der Waals surface area contributed by atoms with Crippen molar-refractivity contribution in [2.24, 2.45) is 11.7 Å². The Morgan fingerprint density at radius 2 is 1.81 bits per heavy atom. The fraction of sp³-hybridized carbons (Fsp3) is 0.818. The summed E-state index contributed by atoms with van der Waals surface area (Å²) in [5.41, 5.74) is 4.84. The summed E-state index contributed by atoms with van der Waals surface area (Å²) in [5.74, 6) is 0.340. The van der Waals surface area contributed by atoms with Gasteiger partial charge in [-0.15, -0.1) is 0 Å². The molecule has 5 nitrogen and oxygen atoms in total. The Morgan fingerprint density at radius 1 is 1.19 bits per heavy atom. The molecule has 0 aliphatic rings. The smallest absolute Gasteiger partial charge is 0.318 e. The van der Waals surface area contributed by atoms with Crippen LogP contribution < -0.4 is 16.4 Å². The first kappa shape index (κ1) is 14.9. The van der Waals surface area contributed by atoms with Crippen molar-refractivity contribution in [3.63, 3.8) is 0 Å². The summed E-state index contributed by atoms with van der Waals surface area (Å²) in [6.45, 7) is 6.87. The average Bonchev–Trinajstić information content (AvgIpc) is 2.15. The predicted molar refractivity (Wildman–Crippen MR) is 63.9 cm³/mol. The second kappa shape index (κ2) is 8.10. The van der Waals surface area contributed by atoms with Gasteiger partial charge in [0.2, 0.25) is 5.91 Å². The van der Waals surface area contributed by atoms with Gasteiger partial charge in [-0.1, -0.05) is 26.7 Å². The van der Waals surface area contributed by atoms with E-state index in [1.54, 1.807) is 6.92 Å². The molecule has 0 aromatic rings. The standard InChI is InChI=1S/C11H23N3O2/c1-8(2)6-4-5-7-13-9(3)10(15)14-11(12)16/h8-9,13H,4-7H2,1-3H3,(H3,12,14,15,16). The summed E-state index contributed by atoms with van der Waals surface area (Å²) in [6.07, 6.45) is 3.38. The van der Waals surface area contributed by atoms with Crippen molar-refractivity contribution >= 4 is 11.9 Å². The molecule has 94 valence electrons. The topological polar surface area (TPSA) is 84.2 Å². The highest BCUT2D eigenvalue weighted by Crippen LogP contribution is 2.05. The molecule has 3 amide bonds. The van der Waals surface area contributed by atoms with Crippen molar-refractivity contribution in [2.75, 3.05) is 6.54 Å². The molecule has 1 atom stereocenters. The van der Waals surface area contributed by atoms with Gasteiger partial charge in [0.15, 0.2) is 0 Å². The maximum absolute atomic E-state index is 11.3. The number of amides is 3. The predicted octanol–water partition coefficient (Wildman–Crippen LogP) is 0.986. The van der Waals surface area contributed by atoms with Crippen LogP contribution in [0.2, 0.25) is 0 Å². The lowest BCUT2D eigenvalue weighted by Crippen LogP contribution is -2.46. The number of primary amides is 1. The van der Waals surface area contributed by atoms with Gasteiger partial charge in [0.05, 0.1) is 6.04 Å². The normalized spacial score (nSPS) is 12.5. The Balaban J connectivity index is 3.53. The number of urea groups is 1. The number of carbonyl (C=O) groups is 2. The van der Waals surface area contributed by atoms with E-state index in [4.69, 9.17) is 5.73 Å². The zero-order valence-corrected chi connectivity index (χ0v) is 10.4. The molecule has 0 aliphatic carbocycles. The van der Waals surface area contributed by atoms with E-state index in [2.05, 4.69) is 19.2 Å². The van der Waals surface area contributed by atoms with Crippen LogP contribution in [0.25, 0.3) is 0 Å². The zero-order valence-electron chi connectivity index (χ0n) is 10.4. The van der Waals surface area contributed by atoms with Crippen LogP contribution in [-0.2, 0) is 4.79 Å². The van der Waals surface area contributed by atoms with Crippen LogP contribution in [0, 0.1) is 5.92 Å². The third kappa shape index (κ3) is 8.23. The minimum atomic E-state index is -0.807. The van der Waals surface area contributed by atoms with Gasteiger partial charge < -0.3 is 11.1 Å². The van der Waals surface area contributed by atoms with Crippen LogP contribution in [0.3, 0.4) is 0 Å². The first-order chi connectivity index (χ1) is 7.43. The molecule has 0 aromatic carbocycles. The minimum Gasteiger partial charge on any atom is -0.351 e. The highest BCUT2D eigenvalue weighted by molar-refractivity contribution is 5.96. The molecule has 0 saturated heterocycles. The highest BCUT2D eigenvalue weighted by atomic mass is 16.2. The second-order valence-corrected chi connectivity index (χ2v) is 4.42. The van der Waals surface area contributed by atoms with E-state index in [0.717, 1.165) is 25.3 Å². The first-order valence-corrected chi connectivity index (χ1v) is 5.77. The van der Waals surface area contributed by atoms with Crippen molar-refractivity contribution in [2.45, 2.75) is 46.1 Å². The number of carbonyl (C=O) groups excluding carboxylic acids is 2. The van der Waals surface area contributed by atoms with E-state index in [9.17, 15) is 9.59 Å². The van der Waals surface area contributed by atoms with E-state index in [-0.39, 0.29) is 11.9 Å². The summed E-state index contributed by atoms with van der Waals surface area (Å²) in [4.78, 5) is 21.7. The van der Waals surface area contributed by atoms with E-state index < -0.39 is 6.03 Å². The zero-order chi connectivity index (χ0) is 12.6. The fourth-order valence-corrected chi connectivity index (χ4v) is 1.32. The van der Waals surface area contributed by atoms with E-state index in [1.807, 2.05) is 5.32 Å². The maximum Gasteiger partial charge on any atom is 0.318 e. The van der Waals surface area contributed by atoms with Gasteiger partial charge in [0.1, 0.15) is 0 Å². The second-order valence-electron chi connectivity index (χ2n) is 4.42. The molecule has 0 saturated carbocycles. The highest BCUT2D eigenvalue weighted by Gasteiger charge is 2.12. The van der Waals surface area contributed by atoms with E-state index >= 15 is 0 Å². The van der Waals surface area contributed by atoms with E-state index in [0.29, 0.717) is 0 Å². The van der Waals surface area contributed by atoms with Crippen LogP contribution in [0.4, 0.5) is 4.79 Å². The maximum atomic E-state index is 11.3. The minimum absolute atomic E-state index is 0.378. The first-order valence-electron chi connectivity index (χ1n) is 5.77. The Bertz CT molecular complexity index is 229. The van der Waals surface area contributed by atoms with Gasteiger partial charge in [-0.05, 0) is 25.8 Å². The molecule has 16 heavy (non-hydrogen) atoms. The third-order valence-electron chi connectivity index (χ3n) is 2.30. The van der Waals surface area contributed by atoms with E-state index in [1.165, 1.54) is 6.42 Å². The molecular weight excluding hydrogens is 206 g/mol. The van der Waals surface area contributed by atoms with Crippen LogP contribution in [0.5, 0.6) is 0 Å². The number of imide groups is 1. The number of nitrogens with one attached hydrogen (secondary N) is 2. The van der Waals surface area contributed by atoms with Gasteiger partial charge in [0.25, 0.3) is 0 Å². The summed E-state index contributed by atoms with van der Waals surface area (Å²) in [5, 5.41) is 5.08.